The van der Waals surface area contributed by atoms with E-state index in [0.29, 0.717) is 0 Å². The zero-order valence-corrected chi connectivity index (χ0v) is 25.2. The van der Waals surface area contributed by atoms with Crippen molar-refractivity contribution in [1.29, 1.82) is 0 Å². The van der Waals surface area contributed by atoms with Crippen LogP contribution in [0.5, 0.6) is 0 Å². The Morgan fingerprint density at radius 3 is 1.58 bits per heavy atom. The Kier molecular flexibility index (Phi) is 2.76. The van der Waals surface area contributed by atoms with E-state index in [-0.39, 0.29) is 5.56 Å². The van der Waals surface area contributed by atoms with Crippen LogP contribution < -0.4 is 0 Å². The molecule has 0 amide bonds. The fourth-order valence-electron chi connectivity index (χ4n) is 5.83. The van der Waals surface area contributed by atoms with Crippen LogP contribution in [0, 0.1) is 0 Å². The van der Waals surface area contributed by atoms with Gasteiger partial charge in [0.05, 0.1) is 39.8 Å². The molecule has 1 nitrogen and oxygen atoms in total. The fraction of sp³-hybridized carbons (Fsp3) is 0.0204. The van der Waals surface area contributed by atoms with Gasteiger partial charge in [-0.25, -0.2) is 0 Å². The maximum atomic E-state index is 9.82. The number of fused-ring (bicyclic) bond motifs is 6. The second-order valence-corrected chi connectivity index (χ2v) is 11.0. The number of benzene rings is 9. The minimum absolute atomic E-state index is 0.346. The molecule has 0 saturated carbocycles. The van der Waals surface area contributed by atoms with E-state index < -0.39 is 275 Å². The highest BCUT2D eigenvalue weighted by Gasteiger charge is 2.18. The lowest BCUT2D eigenvalue weighted by atomic mass is 9.85. The topological polar surface area (TPSA) is 13.1 Å². The van der Waals surface area contributed by atoms with Crippen molar-refractivity contribution in [2.24, 2.45) is 0 Å². The summed E-state index contributed by atoms with van der Waals surface area (Å²) in [5.41, 5.74) is -5.89. The monoisotopic (exact) mass is 665 g/mol. The molecule has 1 aromatic heterocycles. The van der Waals surface area contributed by atoms with Gasteiger partial charge in [-0.15, -0.1) is 0 Å². The molecule has 10 rings (SSSR count). The van der Waals surface area contributed by atoms with E-state index in [1.807, 2.05) is 0 Å². The van der Waals surface area contributed by atoms with Crippen molar-refractivity contribution in [2.45, 2.75) is 6.42 Å². The van der Waals surface area contributed by atoms with E-state index in [1.54, 1.807) is 0 Å². The third-order valence-electron chi connectivity index (χ3n) is 8.04. The highest BCUT2D eigenvalue weighted by atomic mass is 16.3. The zero-order valence-electron chi connectivity index (χ0n) is 54.2. The Morgan fingerprint density at radius 2 is 0.880 bits per heavy atom. The highest BCUT2D eigenvalue weighted by molar-refractivity contribution is 6.22. The molecule has 0 aliphatic heterocycles. The van der Waals surface area contributed by atoms with Crippen LogP contribution in [-0.2, 0) is 6.42 Å². The van der Waals surface area contributed by atoms with Gasteiger partial charge in [0.15, 0.2) is 0 Å². The Labute approximate surface area is 331 Å². The van der Waals surface area contributed by atoms with Crippen LogP contribution in [0.1, 0.15) is 50.9 Å². The van der Waals surface area contributed by atoms with Gasteiger partial charge >= 0.3 is 0 Å². The number of rotatable bonds is 5. The third-order valence-corrected chi connectivity index (χ3v) is 8.04. The zero-order chi connectivity index (χ0) is 58.3. The third kappa shape index (κ3) is 4.78. The van der Waals surface area contributed by atoms with E-state index in [2.05, 4.69) is 0 Å². The first kappa shape index (κ1) is 11.9. The van der Waals surface area contributed by atoms with Crippen molar-refractivity contribution in [3.05, 3.63) is 192 Å². The van der Waals surface area contributed by atoms with Gasteiger partial charge in [-0.3, -0.25) is 0 Å². The molecule has 0 N–H and O–H groups in total. The van der Waals surface area contributed by atoms with Crippen LogP contribution in [0.25, 0.3) is 87.6 Å². The van der Waals surface area contributed by atoms with Gasteiger partial charge in [-0.05, 0) is 107 Å². The van der Waals surface area contributed by atoms with E-state index in [0.717, 1.165) is 6.07 Å². The molecule has 10 aromatic rings. The molecule has 0 unspecified atom stereocenters. The molecule has 0 fully saturated rings. The summed E-state index contributed by atoms with van der Waals surface area (Å²) in [5.74, 6) is 0. The second-order valence-electron chi connectivity index (χ2n) is 11.0. The lowest BCUT2D eigenvalue weighted by Gasteiger charge is -2.18. The van der Waals surface area contributed by atoms with E-state index in [9.17, 15) is 15.1 Å². The lowest BCUT2D eigenvalue weighted by molar-refractivity contribution is 0.669. The van der Waals surface area contributed by atoms with Crippen molar-refractivity contribution in [2.75, 3.05) is 0 Å². The van der Waals surface area contributed by atoms with Gasteiger partial charge in [-0.1, -0.05) is 157 Å². The van der Waals surface area contributed by atoms with Crippen molar-refractivity contribution in [3.63, 3.8) is 0 Å². The standard InChI is InChI=1S/C49H32O/c1-2-10-32(11-3-1)28-33-18-20-34(21-19-33)35-22-24-36(25-23-35)48-40-14-6-8-16-42(40)49(43-17-9-7-15-41(43)48)39-26-27-46-44(30-39)45-29-37-12-4-5-13-38(37)31-47(45)50-46/h1-27,29-31H,28H2/i1D,2D,3D,4D,5D,6D,7D,8D,9D,10D,11D,12D,13D,14D,15D,16D,17D,18D,19D,20D,21D,22D,24D,25D,26D,27D,29D,30D,31D. The minimum Gasteiger partial charge on any atom is -0.456 e. The molecule has 1 heteroatoms. The molecule has 0 bridgehead atoms. The van der Waals surface area contributed by atoms with Crippen LogP contribution in [0.3, 0.4) is 0 Å². The van der Waals surface area contributed by atoms with Crippen molar-refractivity contribution < 1.29 is 44.2 Å². The summed E-state index contributed by atoms with van der Waals surface area (Å²) >= 11 is 0. The number of hydrogen-bond donors (Lipinski definition) is 0. The molecule has 9 aromatic carbocycles. The summed E-state index contributed by atoms with van der Waals surface area (Å²) in [4.78, 5) is 0. The summed E-state index contributed by atoms with van der Waals surface area (Å²) in [6, 6.07) is -23.3. The summed E-state index contributed by atoms with van der Waals surface area (Å²) in [7, 11) is 0. The highest BCUT2D eigenvalue weighted by Crippen LogP contribution is 2.45. The summed E-state index contributed by atoms with van der Waals surface area (Å²) in [6.45, 7) is 0. The number of hydrogen-bond acceptors (Lipinski definition) is 1. The maximum absolute atomic E-state index is 9.82. The van der Waals surface area contributed by atoms with Gasteiger partial charge in [0.1, 0.15) is 11.2 Å². The van der Waals surface area contributed by atoms with Gasteiger partial charge in [0.25, 0.3) is 0 Å². The minimum atomic E-state index is -1.00. The van der Waals surface area contributed by atoms with Crippen LogP contribution in [-0.4, -0.2) is 0 Å². The maximum Gasteiger partial charge on any atom is 0.136 e. The molecule has 0 spiro atoms. The molecule has 0 aliphatic carbocycles. The van der Waals surface area contributed by atoms with Crippen LogP contribution >= 0.6 is 0 Å². The van der Waals surface area contributed by atoms with Crippen molar-refractivity contribution in [1.82, 2.24) is 0 Å². The van der Waals surface area contributed by atoms with E-state index in [1.165, 1.54) is 0 Å². The van der Waals surface area contributed by atoms with Crippen LogP contribution in [0.15, 0.2) is 186 Å². The molecular weight excluding hydrogens is 605 g/mol. The Bertz CT molecular complexity index is 4420. The van der Waals surface area contributed by atoms with Gasteiger partial charge in [0, 0.05) is 10.8 Å². The smallest absolute Gasteiger partial charge is 0.136 e. The lowest BCUT2D eigenvalue weighted by Crippen LogP contribution is -1.91. The average Bonchev–Trinajstić information content (AvgIpc) is 4.10. The molecule has 0 saturated heterocycles. The van der Waals surface area contributed by atoms with E-state index >= 15 is 0 Å². The van der Waals surface area contributed by atoms with Crippen molar-refractivity contribution in [3.8, 4) is 33.4 Å². The van der Waals surface area contributed by atoms with Gasteiger partial charge < -0.3 is 4.42 Å². The SMILES string of the molecule is [2H]c1cc(-c2c([2H])c([2H])c(Cc3c([2H])c([2H])c([2H])c([2H])c3[2H])c([2H])c2[2H])c([2H])c([2H])c1-c1c2c([2H])c([2H])c([2H])c([2H])c2c(-c2c([2H])c([2H])c3oc4c([2H])c5c([2H])c([2H])c([2H])c([2H])c5c([2H])c4c3c2[2H])c2c([2H])c([2H])c([2H])c([2H])c12. The molecule has 1 heterocycles. The summed E-state index contributed by atoms with van der Waals surface area (Å²) in [6.07, 6.45) is -0.673. The normalized spacial score (nSPS) is 19.8. The summed E-state index contributed by atoms with van der Waals surface area (Å²) < 4.78 is 265. The largest absolute Gasteiger partial charge is 0.456 e. The summed E-state index contributed by atoms with van der Waals surface area (Å²) in [5, 5.41) is -4.62. The first-order chi connectivity index (χ1) is 36.9. The van der Waals surface area contributed by atoms with Crippen LogP contribution in [0.4, 0.5) is 0 Å². The van der Waals surface area contributed by atoms with Gasteiger partial charge in [0.2, 0.25) is 0 Å². The molecular formula is C49H32O. The first-order valence-corrected chi connectivity index (χ1v) is 14.9. The predicted molar refractivity (Wildman–Crippen MR) is 212 cm³/mol. The molecule has 0 atom stereocenters. The van der Waals surface area contributed by atoms with Gasteiger partial charge in [-0.2, -0.15) is 0 Å². The Morgan fingerprint density at radius 1 is 0.360 bits per heavy atom. The van der Waals surface area contributed by atoms with Crippen molar-refractivity contribution >= 4 is 54.3 Å². The van der Waals surface area contributed by atoms with E-state index in [4.69, 9.17) is 29.1 Å². The van der Waals surface area contributed by atoms with Crippen LogP contribution in [0.2, 0.25) is 0 Å². The Balaban J connectivity index is 1.34. The molecule has 234 valence electrons. The second kappa shape index (κ2) is 11.6. The first-order valence-electron chi connectivity index (χ1n) is 29.4. The molecule has 50 heavy (non-hydrogen) atoms. The average molecular weight is 666 g/mol. The quantitative estimate of drug-likeness (QED) is 0.167. The fourth-order valence-corrected chi connectivity index (χ4v) is 5.83. The number of furan rings is 1. The Hall–Kier alpha value is -6.44. The molecule has 0 aliphatic rings. The molecule has 0 radical (unpaired) electrons. The predicted octanol–water partition coefficient (Wildman–Crippen LogP) is 13.6.